The molecule has 2 aliphatic carbocycles. The number of amides is 1. The second kappa shape index (κ2) is 12.3. The summed E-state index contributed by atoms with van der Waals surface area (Å²) in [4.78, 5) is 25.3. The molecule has 0 aromatic heterocycles. The third-order valence-corrected chi connectivity index (χ3v) is 9.31. The van der Waals surface area contributed by atoms with Gasteiger partial charge < -0.3 is 5.73 Å². The van der Waals surface area contributed by atoms with Crippen molar-refractivity contribution in [2.24, 2.45) is 31.6 Å². The van der Waals surface area contributed by atoms with Gasteiger partial charge in [0.15, 0.2) is 11.5 Å². The maximum Gasteiger partial charge on any atom is 0.301 e. The van der Waals surface area contributed by atoms with E-state index < -0.39 is 21.3 Å². The van der Waals surface area contributed by atoms with Gasteiger partial charge in [-0.1, -0.05) is 79.8 Å². The van der Waals surface area contributed by atoms with E-state index in [0.29, 0.717) is 18.3 Å². The molecule has 2 aliphatic heterocycles. The summed E-state index contributed by atoms with van der Waals surface area (Å²) in [5.74, 6) is -0.0298. The van der Waals surface area contributed by atoms with Gasteiger partial charge in [0.25, 0.3) is 10.1 Å². The Balaban J connectivity index is 0.000000282. The molecule has 9 nitrogen and oxygen atoms in total. The maximum absolute atomic E-state index is 12.3. The fraction of sp³-hybridized carbons (Fsp3) is 0.219. The van der Waals surface area contributed by atoms with Gasteiger partial charge >= 0.3 is 5.91 Å². The van der Waals surface area contributed by atoms with Crippen LogP contribution in [0.25, 0.3) is 29.0 Å². The summed E-state index contributed by atoms with van der Waals surface area (Å²) in [7, 11) is -4.23. The first kappa shape index (κ1) is 30.4. The molecule has 0 saturated carbocycles. The molecule has 0 bridgehead atoms. The van der Waals surface area contributed by atoms with Crippen LogP contribution in [0.4, 0.5) is 0 Å². The van der Waals surface area contributed by atoms with E-state index >= 15 is 0 Å². The van der Waals surface area contributed by atoms with Gasteiger partial charge in [0.05, 0.1) is 0 Å². The van der Waals surface area contributed by atoms with Gasteiger partial charge in [-0.25, -0.2) is 15.0 Å². The van der Waals surface area contributed by atoms with Crippen LogP contribution in [0.2, 0.25) is 0 Å². The number of halogens is 1. The van der Waals surface area contributed by atoms with Gasteiger partial charge in [-0.2, -0.15) is 13.4 Å². The highest BCUT2D eigenvalue weighted by atomic mass is 35.5. The number of aliphatic imine (C=N–C) groups is 4. The molecular formula is C32H30ClN5O4S. The van der Waals surface area contributed by atoms with E-state index in [1.165, 1.54) is 28.8 Å². The van der Waals surface area contributed by atoms with Crippen molar-refractivity contribution >= 4 is 81.7 Å². The zero-order chi connectivity index (χ0) is 29.4. The van der Waals surface area contributed by atoms with Crippen LogP contribution in [0.3, 0.4) is 0 Å². The zero-order valence-corrected chi connectivity index (χ0v) is 24.9. The van der Waals surface area contributed by atoms with Gasteiger partial charge in [0, 0.05) is 12.5 Å². The van der Waals surface area contributed by atoms with Crippen molar-refractivity contribution in [3.63, 3.8) is 0 Å². The fourth-order valence-electron chi connectivity index (χ4n) is 5.89. The molecular weight excluding hydrogens is 586 g/mol. The van der Waals surface area contributed by atoms with Crippen molar-refractivity contribution in [2.45, 2.75) is 37.5 Å². The SMILES string of the molecule is CCC1C=Cc2ccc3c4c(ccc3c2=C1)C(c1ccc(CN)cc1)C(S(=O)(=O)O)CC=4.Cl.O=C1N=CN=C2N=CN=C12. The Morgan fingerprint density at radius 2 is 1.67 bits per heavy atom. The van der Waals surface area contributed by atoms with E-state index in [-0.39, 0.29) is 30.4 Å². The summed E-state index contributed by atoms with van der Waals surface area (Å²) in [6.07, 6.45) is 12.5. The number of nitrogens with two attached hydrogens (primary N) is 1. The van der Waals surface area contributed by atoms with Crippen LogP contribution < -0.4 is 16.2 Å². The van der Waals surface area contributed by atoms with E-state index in [1.807, 2.05) is 36.4 Å². The molecule has 11 heteroatoms. The third-order valence-electron chi connectivity index (χ3n) is 8.08. The number of fused-ring (bicyclic) bond motifs is 6. The quantitative estimate of drug-likeness (QED) is 0.431. The van der Waals surface area contributed by atoms with E-state index in [1.54, 1.807) is 0 Å². The standard InChI is InChI=1S/C27H27NO3S.C5H2N4O.ClH/c1-2-17-3-6-19-9-10-21-22-13-14-26(32(29,30)31)27(20-7-4-18(16-28)5-8-20)24(22)12-11-23(21)25(19)15-17;10-5-3-4(7-1-6-3)8-2-9-5;/h3-13,15,17,26-27H,2,14,16,28H2,1H3,(H,29,30,31);1-2H;1H. The van der Waals surface area contributed by atoms with E-state index in [4.69, 9.17) is 5.73 Å². The van der Waals surface area contributed by atoms with Gasteiger partial charge in [0.2, 0.25) is 0 Å². The van der Waals surface area contributed by atoms with Crippen molar-refractivity contribution in [1.29, 1.82) is 0 Å². The number of hydrogen-bond acceptors (Lipinski definition) is 7. The average molecular weight is 616 g/mol. The first-order valence-electron chi connectivity index (χ1n) is 13.7. The second-order valence-corrected chi connectivity index (χ2v) is 12.1. The molecule has 0 fully saturated rings. The summed E-state index contributed by atoms with van der Waals surface area (Å²) < 4.78 is 34.7. The summed E-state index contributed by atoms with van der Waals surface area (Å²) in [5.41, 5.74) is 9.98. The molecule has 43 heavy (non-hydrogen) atoms. The number of rotatable bonds is 4. The number of carbonyl (C=O) groups excluding carboxylic acids is 1. The highest BCUT2D eigenvalue weighted by molar-refractivity contribution is 7.86. The first-order chi connectivity index (χ1) is 20.3. The largest absolute Gasteiger partial charge is 0.326 e. The van der Waals surface area contributed by atoms with E-state index in [2.05, 4.69) is 63.3 Å². The Morgan fingerprint density at radius 1 is 0.953 bits per heavy atom. The highest BCUT2D eigenvalue weighted by Gasteiger charge is 2.36. The molecule has 0 radical (unpaired) electrons. The molecule has 0 spiro atoms. The molecule has 7 rings (SSSR count). The molecule has 4 aliphatic rings. The lowest BCUT2D eigenvalue weighted by molar-refractivity contribution is -0.111. The van der Waals surface area contributed by atoms with Crippen molar-refractivity contribution in [1.82, 2.24) is 0 Å². The van der Waals surface area contributed by atoms with Crippen molar-refractivity contribution < 1.29 is 17.8 Å². The monoisotopic (exact) mass is 615 g/mol. The van der Waals surface area contributed by atoms with E-state index in [9.17, 15) is 17.8 Å². The zero-order valence-electron chi connectivity index (χ0n) is 23.3. The van der Waals surface area contributed by atoms with Gasteiger partial charge in [0.1, 0.15) is 17.9 Å². The van der Waals surface area contributed by atoms with Crippen LogP contribution in [-0.2, 0) is 21.5 Å². The maximum atomic E-state index is 12.3. The molecule has 0 saturated heterocycles. The Morgan fingerprint density at radius 3 is 2.37 bits per heavy atom. The van der Waals surface area contributed by atoms with Gasteiger partial charge in [-0.15, -0.1) is 12.4 Å². The molecule has 220 valence electrons. The molecule has 1 amide bonds. The van der Waals surface area contributed by atoms with Crippen LogP contribution in [0.15, 0.2) is 74.6 Å². The van der Waals surface area contributed by atoms with Gasteiger partial charge in [-0.3, -0.25) is 9.35 Å². The Bertz CT molecular complexity index is 1990. The Hall–Kier alpha value is -4.09. The summed E-state index contributed by atoms with van der Waals surface area (Å²) in [6.45, 7) is 2.61. The lowest BCUT2D eigenvalue weighted by Gasteiger charge is -2.29. The first-order valence-corrected chi connectivity index (χ1v) is 15.2. The van der Waals surface area contributed by atoms with Crippen LogP contribution in [0, 0.1) is 5.92 Å². The van der Waals surface area contributed by atoms with Crippen molar-refractivity contribution in [2.75, 3.05) is 0 Å². The minimum Gasteiger partial charge on any atom is -0.326 e. The second-order valence-electron chi connectivity index (χ2n) is 10.5. The predicted molar refractivity (Wildman–Crippen MR) is 175 cm³/mol. The Kier molecular flexibility index (Phi) is 8.66. The van der Waals surface area contributed by atoms with E-state index in [0.717, 1.165) is 33.7 Å². The molecule has 3 aromatic rings. The minimum atomic E-state index is -4.23. The lowest BCUT2D eigenvalue weighted by atomic mass is 9.80. The number of hydrogen-bond donors (Lipinski definition) is 2. The Labute approximate surface area is 255 Å². The number of carbonyl (C=O) groups is 1. The molecule has 3 aromatic carbocycles. The summed E-state index contributed by atoms with van der Waals surface area (Å²) in [5, 5.41) is 3.71. The highest BCUT2D eigenvalue weighted by Crippen LogP contribution is 2.35. The lowest BCUT2D eigenvalue weighted by Crippen LogP contribution is -2.35. The summed E-state index contributed by atoms with van der Waals surface area (Å²) in [6, 6.07) is 16.2. The number of benzene rings is 3. The van der Waals surface area contributed by atoms with Crippen LogP contribution >= 0.6 is 12.4 Å². The van der Waals surface area contributed by atoms with Gasteiger partial charge in [-0.05, 0) is 62.2 Å². The molecule has 2 heterocycles. The summed E-state index contributed by atoms with van der Waals surface area (Å²) >= 11 is 0. The van der Waals surface area contributed by atoms with Crippen LogP contribution in [0.1, 0.15) is 47.9 Å². The average Bonchev–Trinajstić information content (AvgIpc) is 3.50. The molecule has 3 unspecified atom stereocenters. The normalized spacial score (nSPS) is 21.2. The predicted octanol–water partition coefficient (Wildman–Crippen LogP) is 3.56. The van der Waals surface area contributed by atoms with Crippen LogP contribution in [0.5, 0.6) is 0 Å². The molecule has 3 atom stereocenters. The fourth-order valence-corrected chi connectivity index (χ4v) is 6.88. The third kappa shape index (κ3) is 5.79. The van der Waals surface area contributed by atoms with Crippen molar-refractivity contribution in [3.05, 3.63) is 87.3 Å². The van der Waals surface area contributed by atoms with Crippen molar-refractivity contribution in [3.8, 4) is 0 Å². The molecule has 3 N–H and O–H groups in total. The minimum absolute atomic E-state index is 0. The topological polar surface area (TPSA) is 147 Å². The number of allylic oxidation sites excluding steroid dienone is 1. The van der Waals surface area contributed by atoms with Crippen LogP contribution in [-0.4, -0.2) is 48.4 Å². The smallest absolute Gasteiger partial charge is 0.301 e. The number of nitrogens with zero attached hydrogens (tertiary/aromatic N) is 4. The number of amidine groups is 1.